The number of aromatic nitrogens is 6. The molecule has 22 rings (SSSR count). The van der Waals surface area contributed by atoms with E-state index in [0.717, 1.165) is 182 Å². The van der Waals surface area contributed by atoms with Crippen LogP contribution < -0.4 is 0 Å². The Bertz CT molecular complexity index is 7280. The Morgan fingerprint density at radius 1 is 0.147 bits per heavy atom. The van der Waals surface area contributed by atoms with Crippen molar-refractivity contribution in [2.24, 2.45) is 0 Å². The van der Waals surface area contributed by atoms with Gasteiger partial charge in [-0.05, 0) is 113 Å². The molecule has 0 fully saturated rings. The third-order valence-electron chi connectivity index (χ3n) is 20.0. The van der Waals surface area contributed by atoms with Crippen LogP contribution in [0.5, 0.6) is 0 Å². The summed E-state index contributed by atoms with van der Waals surface area (Å²) in [7, 11) is 0. The van der Waals surface area contributed by atoms with E-state index in [1.54, 1.807) is 0 Å². The van der Waals surface area contributed by atoms with Gasteiger partial charge in [0.05, 0.1) is 16.7 Å². The molecule has 8 aromatic heterocycles. The molecule has 0 saturated heterocycles. The Kier molecular flexibility index (Phi) is 11.9. The molecule has 0 aliphatic heterocycles. The van der Waals surface area contributed by atoms with Crippen molar-refractivity contribution >= 4 is 132 Å². The molecule has 0 saturated carbocycles. The first-order chi connectivity index (χ1) is 50.5. The molecular weight excluding hydrogens is 1260 g/mol. The van der Waals surface area contributed by atoms with Gasteiger partial charge in [0, 0.05) is 92.5 Å². The summed E-state index contributed by atoms with van der Waals surface area (Å²) in [5, 5.41) is 12.0. The van der Waals surface area contributed by atoms with Crippen molar-refractivity contribution in [2.45, 2.75) is 0 Å². The normalized spacial score (nSPS) is 12.1. The second kappa shape index (κ2) is 21.7. The van der Waals surface area contributed by atoms with Crippen molar-refractivity contribution in [1.82, 2.24) is 29.9 Å². The minimum absolute atomic E-state index is 0.487. The molecule has 14 aromatic carbocycles. The molecule has 0 atom stereocenters. The van der Waals surface area contributed by atoms with Gasteiger partial charge < -0.3 is 26.5 Å². The molecule has 12 heteroatoms. The number of hydrogen-bond acceptors (Lipinski definition) is 12. The first-order valence-corrected chi connectivity index (χ1v) is 33.8. The Balaban J connectivity index is 0.591. The number of fused-ring (bicyclic) bond motifs is 18. The molecule has 0 amide bonds. The van der Waals surface area contributed by atoms with Crippen LogP contribution in [0.3, 0.4) is 0 Å². The van der Waals surface area contributed by atoms with E-state index in [1.807, 2.05) is 152 Å². The number of furan rings is 6. The molecule has 0 unspecified atom stereocenters. The van der Waals surface area contributed by atoms with E-state index in [9.17, 15) is 0 Å². The largest absolute Gasteiger partial charge is 0.456 e. The lowest BCUT2D eigenvalue weighted by Gasteiger charge is -2.09. The Hall–Kier alpha value is -14.1. The van der Waals surface area contributed by atoms with Crippen molar-refractivity contribution in [2.75, 3.05) is 0 Å². The van der Waals surface area contributed by atoms with Crippen molar-refractivity contribution < 1.29 is 26.5 Å². The van der Waals surface area contributed by atoms with Crippen LogP contribution in [0, 0.1) is 0 Å². The molecular formula is C90H48N6O6. The number of nitrogens with zero attached hydrogens (tertiary/aromatic N) is 6. The van der Waals surface area contributed by atoms with Crippen LogP contribution in [0.4, 0.5) is 0 Å². The first kappa shape index (κ1) is 56.0. The van der Waals surface area contributed by atoms with Crippen molar-refractivity contribution in [1.29, 1.82) is 0 Å². The van der Waals surface area contributed by atoms with Gasteiger partial charge in [-0.1, -0.05) is 200 Å². The molecule has 0 spiro atoms. The van der Waals surface area contributed by atoms with Gasteiger partial charge in [-0.3, -0.25) is 0 Å². The first-order valence-electron chi connectivity index (χ1n) is 33.8. The molecule has 474 valence electrons. The fourth-order valence-electron chi connectivity index (χ4n) is 15.2. The standard InChI is InChI=1S/C90H48N6O6/c1-3-16-49(17-4-1)85-91-87(95-88(92-85)69-30-14-27-66-71-44-53(37-42-75(71)100-83(66)69)56-22-11-24-63-58-20-7-9-32-73(58)98-80(56)63)55-36-41-61-60-39-34-51(46-77(60)97-78(61)48-55)52-35-40-62-65-25-12-23-57(81(65)102-79(62)47-52)54-38-43-76-72(45-54)67-28-15-31-70(84(67)101-76)90-94-86(50-18-5-2-6-19-50)93-89(96-90)68-29-13-26-64-59-21-8-10-33-74(59)99-82(64)68/h1-48H. The molecule has 102 heavy (non-hydrogen) atoms. The SMILES string of the molecule is c1ccc(-c2nc(-c3ccc4c(c3)oc3cc(-c5ccc6c(c5)oc5c(-c7ccc8oc9c(-c%10nc(-c%11ccccc%11)nc(-c%11cccc%12c%11oc%11ccccc%11%12)n%10)cccc9c8c7)cccc56)ccc34)nc(-c3cccc4c3oc3ccc(-c5cccc6c5oc5ccccc56)cc34)n2)cc1. The lowest BCUT2D eigenvalue weighted by molar-refractivity contribution is 0.668. The molecule has 0 aliphatic rings. The highest BCUT2D eigenvalue weighted by molar-refractivity contribution is 6.16. The van der Waals surface area contributed by atoms with Gasteiger partial charge in [0.15, 0.2) is 34.9 Å². The second-order valence-electron chi connectivity index (χ2n) is 25.9. The van der Waals surface area contributed by atoms with E-state index >= 15 is 0 Å². The summed E-state index contributed by atoms with van der Waals surface area (Å²) in [5.41, 5.74) is 19.9. The minimum atomic E-state index is 0.487. The van der Waals surface area contributed by atoms with Crippen LogP contribution in [0.1, 0.15) is 0 Å². The highest BCUT2D eigenvalue weighted by Crippen LogP contribution is 2.46. The van der Waals surface area contributed by atoms with Gasteiger partial charge in [-0.15, -0.1) is 0 Å². The number of rotatable bonds is 9. The van der Waals surface area contributed by atoms with Crippen LogP contribution in [-0.2, 0) is 0 Å². The van der Waals surface area contributed by atoms with E-state index in [4.69, 9.17) is 56.4 Å². The average Bonchev–Trinajstić information content (AvgIpc) is 1.58. The zero-order chi connectivity index (χ0) is 66.7. The summed E-state index contributed by atoms with van der Waals surface area (Å²) in [6.07, 6.45) is 0. The molecule has 0 N–H and O–H groups in total. The molecule has 0 bridgehead atoms. The predicted molar refractivity (Wildman–Crippen MR) is 406 cm³/mol. The zero-order valence-corrected chi connectivity index (χ0v) is 53.8. The number of para-hydroxylation sites is 7. The second-order valence-corrected chi connectivity index (χ2v) is 25.9. The fraction of sp³-hybridized carbons (Fsp3) is 0. The van der Waals surface area contributed by atoms with Crippen LogP contribution in [-0.4, -0.2) is 29.9 Å². The maximum absolute atomic E-state index is 6.93. The van der Waals surface area contributed by atoms with Crippen LogP contribution >= 0.6 is 0 Å². The van der Waals surface area contributed by atoms with Gasteiger partial charge in [0.1, 0.15) is 67.0 Å². The molecule has 12 nitrogen and oxygen atoms in total. The smallest absolute Gasteiger partial charge is 0.167 e. The van der Waals surface area contributed by atoms with Crippen LogP contribution in [0.25, 0.3) is 233 Å². The Morgan fingerprint density at radius 2 is 0.431 bits per heavy atom. The summed E-state index contributed by atoms with van der Waals surface area (Å²) in [6, 6.07) is 98.9. The van der Waals surface area contributed by atoms with E-state index < -0.39 is 0 Å². The Morgan fingerprint density at radius 3 is 0.882 bits per heavy atom. The van der Waals surface area contributed by atoms with Gasteiger partial charge in [0.2, 0.25) is 0 Å². The molecule has 0 aliphatic carbocycles. The molecule has 0 radical (unpaired) electrons. The highest BCUT2D eigenvalue weighted by atomic mass is 16.3. The van der Waals surface area contributed by atoms with E-state index in [0.29, 0.717) is 51.7 Å². The third kappa shape index (κ3) is 8.69. The monoisotopic (exact) mass is 1310 g/mol. The third-order valence-corrected chi connectivity index (χ3v) is 20.0. The Labute approximate surface area is 577 Å². The van der Waals surface area contributed by atoms with E-state index in [-0.39, 0.29) is 0 Å². The van der Waals surface area contributed by atoms with Crippen molar-refractivity contribution in [3.63, 3.8) is 0 Å². The van der Waals surface area contributed by atoms with Gasteiger partial charge in [-0.25, -0.2) is 29.9 Å². The predicted octanol–water partition coefficient (Wildman–Crippen LogP) is 24.5. The number of benzene rings is 14. The summed E-state index contributed by atoms with van der Waals surface area (Å²) in [6.45, 7) is 0. The van der Waals surface area contributed by atoms with E-state index in [2.05, 4.69) is 140 Å². The van der Waals surface area contributed by atoms with Crippen molar-refractivity contribution in [3.8, 4) is 102 Å². The maximum Gasteiger partial charge on any atom is 0.167 e. The topological polar surface area (TPSA) is 156 Å². The van der Waals surface area contributed by atoms with Crippen LogP contribution in [0.2, 0.25) is 0 Å². The highest BCUT2D eigenvalue weighted by Gasteiger charge is 2.25. The quantitative estimate of drug-likeness (QED) is 0.135. The van der Waals surface area contributed by atoms with Crippen molar-refractivity contribution in [3.05, 3.63) is 291 Å². The van der Waals surface area contributed by atoms with E-state index in [1.165, 1.54) is 0 Å². The lowest BCUT2D eigenvalue weighted by atomic mass is 9.99. The lowest BCUT2D eigenvalue weighted by Crippen LogP contribution is -2.00. The summed E-state index contributed by atoms with van der Waals surface area (Å²) >= 11 is 0. The fourth-order valence-corrected chi connectivity index (χ4v) is 15.2. The van der Waals surface area contributed by atoms with Gasteiger partial charge >= 0.3 is 0 Å². The average molecular weight is 1310 g/mol. The summed E-state index contributed by atoms with van der Waals surface area (Å²) < 4.78 is 40.3. The molecule has 22 aromatic rings. The zero-order valence-electron chi connectivity index (χ0n) is 53.8. The molecule has 8 heterocycles. The maximum atomic E-state index is 6.93. The van der Waals surface area contributed by atoms with Gasteiger partial charge in [0.25, 0.3) is 0 Å². The summed E-state index contributed by atoms with van der Waals surface area (Å²) in [5.74, 6) is 3.06. The van der Waals surface area contributed by atoms with Gasteiger partial charge in [-0.2, -0.15) is 0 Å². The van der Waals surface area contributed by atoms with Crippen LogP contribution in [0.15, 0.2) is 318 Å². The minimum Gasteiger partial charge on any atom is -0.456 e. The number of hydrogen-bond donors (Lipinski definition) is 0. The summed E-state index contributed by atoms with van der Waals surface area (Å²) in [4.78, 5) is 30.9.